The fourth-order valence-corrected chi connectivity index (χ4v) is 3.07. The Morgan fingerprint density at radius 3 is 2.67 bits per heavy atom. The van der Waals surface area contributed by atoms with Crippen LogP contribution >= 0.6 is 0 Å². The Morgan fingerprint density at radius 2 is 1.85 bits per heavy atom. The third-order valence-electron chi connectivity index (χ3n) is 4.55. The maximum Gasteiger partial charge on any atom is 0.272 e. The van der Waals surface area contributed by atoms with Crippen LogP contribution in [-0.2, 0) is 24.7 Å². The maximum absolute atomic E-state index is 12.4. The number of rotatable bonds is 7. The summed E-state index contributed by atoms with van der Waals surface area (Å²) in [7, 11) is 3.36. The fourth-order valence-electron chi connectivity index (χ4n) is 3.07. The molecule has 0 unspecified atom stereocenters. The zero-order chi connectivity index (χ0) is 19.2. The Hall–Kier alpha value is -3.15. The van der Waals surface area contributed by atoms with E-state index in [9.17, 15) is 9.59 Å². The average molecular weight is 365 g/mol. The molecule has 0 aliphatic heterocycles. The van der Waals surface area contributed by atoms with Crippen LogP contribution in [-0.4, -0.2) is 29.1 Å². The molecule has 2 aromatic carbocycles. The second-order valence-corrected chi connectivity index (χ2v) is 6.32. The molecule has 1 amide bonds. The Labute approximate surface area is 157 Å². The van der Waals surface area contributed by atoms with E-state index in [0.29, 0.717) is 25.1 Å². The van der Waals surface area contributed by atoms with Crippen LogP contribution in [0.1, 0.15) is 17.7 Å². The second-order valence-electron chi connectivity index (χ2n) is 6.32. The summed E-state index contributed by atoms with van der Waals surface area (Å²) in [6.45, 7) is 0.516. The SMILES string of the molecule is COc1ccccc1CCNC(=O)CCc1nc2ccccc2n(C)c1=O. The van der Waals surface area contributed by atoms with Crippen LogP contribution in [0.25, 0.3) is 11.0 Å². The third-order valence-corrected chi connectivity index (χ3v) is 4.55. The first-order chi connectivity index (χ1) is 13.1. The highest BCUT2D eigenvalue weighted by molar-refractivity contribution is 5.77. The first-order valence-electron chi connectivity index (χ1n) is 8.93. The lowest BCUT2D eigenvalue weighted by Crippen LogP contribution is -2.28. The number of ether oxygens (including phenoxy) is 1. The van der Waals surface area contributed by atoms with Crippen molar-refractivity contribution < 1.29 is 9.53 Å². The number of hydrogen-bond donors (Lipinski definition) is 1. The number of methoxy groups -OCH3 is 1. The highest BCUT2D eigenvalue weighted by Crippen LogP contribution is 2.17. The first-order valence-corrected chi connectivity index (χ1v) is 8.93. The molecule has 1 aromatic heterocycles. The van der Waals surface area contributed by atoms with Gasteiger partial charge in [-0.2, -0.15) is 0 Å². The molecule has 0 aliphatic rings. The summed E-state index contributed by atoms with van der Waals surface area (Å²) in [4.78, 5) is 29.0. The minimum Gasteiger partial charge on any atom is -0.496 e. The van der Waals surface area contributed by atoms with Crippen molar-refractivity contribution in [1.82, 2.24) is 14.9 Å². The molecule has 0 aliphatic carbocycles. The lowest BCUT2D eigenvalue weighted by atomic mass is 10.1. The number of fused-ring (bicyclic) bond motifs is 1. The number of hydrogen-bond acceptors (Lipinski definition) is 4. The van der Waals surface area contributed by atoms with Gasteiger partial charge in [0, 0.05) is 26.4 Å². The normalized spacial score (nSPS) is 10.7. The van der Waals surface area contributed by atoms with E-state index in [2.05, 4.69) is 10.3 Å². The number of aromatic nitrogens is 2. The van der Waals surface area contributed by atoms with Gasteiger partial charge in [0.2, 0.25) is 5.91 Å². The van der Waals surface area contributed by atoms with Gasteiger partial charge in [-0.05, 0) is 30.2 Å². The van der Waals surface area contributed by atoms with Crippen molar-refractivity contribution in [3.63, 3.8) is 0 Å². The minimum atomic E-state index is -0.157. The van der Waals surface area contributed by atoms with Crippen molar-refractivity contribution in [2.24, 2.45) is 7.05 Å². The van der Waals surface area contributed by atoms with E-state index in [0.717, 1.165) is 22.3 Å². The van der Waals surface area contributed by atoms with Gasteiger partial charge in [-0.25, -0.2) is 4.98 Å². The number of para-hydroxylation sites is 3. The Morgan fingerprint density at radius 1 is 1.11 bits per heavy atom. The Balaban J connectivity index is 1.57. The van der Waals surface area contributed by atoms with Crippen LogP contribution in [0.15, 0.2) is 53.3 Å². The highest BCUT2D eigenvalue weighted by Gasteiger charge is 2.11. The summed E-state index contributed by atoms with van der Waals surface area (Å²) in [5.41, 5.74) is 2.84. The zero-order valence-corrected chi connectivity index (χ0v) is 15.6. The molecule has 3 aromatic rings. The summed E-state index contributed by atoms with van der Waals surface area (Å²) in [6, 6.07) is 15.2. The molecule has 1 heterocycles. The lowest BCUT2D eigenvalue weighted by molar-refractivity contribution is -0.121. The summed E-state index contributed by atoms with van der Waals surface area (Å²) in [5, 5.41) is 2.89. The number of amides is 1. The van der Waals surface area contributed by atoms with Gasteiger partial charge in [0.15, 0.2) is 0 Å². The predicted octanol–water partition coefficient (Wildman–Crippen LogP) is 2.23. The molecule has 1 N–H and O–H groups in total. The second kappa shape index (κ2) is 8.49. The van der Waals surface area contributed by atoms with Crippen molar-refractivity contribution in [3.05, 3.63) is 70.1 Å². The molecule has 0 saturated carbocycles. The molecule has 6 heteroatoms. The monoisotopic (exact) mass is 365 g/mol. The largest absolute Gasteiger partial charge is 0.496 e. The van der Waals surface area contributed by atoms with E-state index in [1.54, 1.807) is 18.7 Å². The number of carbonyl (C=O) groups is 1. The van der Waals surface area contributed by atoms with Gasteiger partial charge >= 0.3 is 0 Å². The minimum absolute atomic E-state index is 0.0955. The standard InChI is InChI=1S/C21H23N3O3/c1-24-18-9-5-4-8-16(18)23-17(21(24)26)11-12-20(25)22-14-13-15-7-3-6-10-19(15)27-2/h3-10H,11-14H2,1-2H3,(H,22,25). The Kier molecular flexibility index (Phi) is 5.86. The summed E-state index contributed by atoms with van der Waals surface area (Å²) >= 11 is 0. The molecule has 27 heavy (non-hydrogen) atoms. The molecule has 0 fully saturated rings. The van der Waals surface area contributed by atoms with Gasteiger partial charge < -0.3 is 14.6 Å². The quantitative estimate of drug-likeness (QED) is 0.697. The zero-order valence-electron chi connectivity index (χ0n) is 15.6. The van der Waals surface area contributed by atoms with Crippen LogP contribution in [0, 0.1) is 0 Å². The number of nitrogens with zero attached hydrogens (tertiary/aromatic N) is 2. The van der Waals surface area contributed by atoms with Crippen molar-refractivity contribution in [1.29, 1.82) is 0 Å². The number of carbonyl (C=O) groups excluding carboxylic acids is 1. The first kappa shape index (κ1) is 18.6. The molecule has 0 atom stereocenters. The van der Waals surface area contributed by atoms with Crippen LogP contribution in [0.2, 0.25) is 0 Å². The Bertz CT molecular complexity index is 1010. The molecule has 3 rings (SSSR count). The van der Waals surface area contributed by atoms with Crippen molar-refractivity contribution in [2.75, 3.05) is 13.7 Å². The van der Waals surface area contributed by atoms with E-state index in [1.165, 1.54) is 0 Å². The molecule has 6 nitrogen and oxygen atoms in total. The van der Waals surface area contributed by atoms with Crippen LogP contribution in [0.5, 0.6) is 5.75 Å². The van der Waals surface area contributed by atoms with E-state index >= 15 is 0 Å². The van der Waals surface area contributed by atoms with E-state index < -0.39 is 0 Å². The van der Waals surface area contributed by atoms with Crippen molar-refractivity contribution >= 4 is 16.9 Å². The maximum atomic E-state index is 12.4. The predicted molar refractivity (Wildman–Crippen MR) is 105 cm³/mol. The van der Waals surface area contributed by atoms with Gasteiger partial charge in [-0.1, -0.05) is 30.3 Å². The third kappa shape index (κ3) is 4.34. The van der Waals surface area contributed by atoms with Crippen LogP contribution in [0.4, 0.5) is 0 Å². The molecule has 0 saturated heterocycles. The smallest absolute Gasteiger partial charge is 0.272 e. The highest BCUT2D eigenvalue weighted by atomic mass is 16.5. The molecule has 0 bridgehead atoms. The van der Waals surface area contributed by atoms with E-state index in [1.807, 2.05) is 48.5 Å². The topological polar surface area (TPSA) is 73.2 Å². The molecule has 140 valence electrons. The number of nitrogens with one attached hydrogen (secondary N) is 1. The summed E-state index contributed by atoms with van der Waals surface area (Å²) < 4.78 is 6.89. The van der Waals surface area contributed by atoms with Gasteiger partial charge in [-0.15, -0.1) is 0 Å². The molecular weight excluding hydrogens is 342 g/mol. The van der Waals surface area contributed by atoms with E-state index in [4.69, 9.17) is 4.74 Å². The average Bonchev–Trinajstić information content (AvgIpc) is 2.70. The van der Waals surface area contributed by atoms with Gasteiger partial charge in [0.1, 0.15) is 11.4 Å². The molecular formula is C21H23N3O3. The fraction of sp³-hybridized carbons (Fsp3) is 0.286. The number of benzene rings is 2. The van der Waals surface area contributed by atoms with Gasteiger partial charge in [0.05, 0.1) is 18.1 Å². The summed E-state index contributed by atoms with van der Waals surface area (Å²) in [5.74, 6) is 0.720. The van der Waals surface area contributed by atoms with Gasteiger partial charge in [-0.3, -0.25) is 9.59 Å². The van der Waals surface area contributed by atoms with E-state index in [-0.39, 0.29) is 17.9 Å². The number of aryl methyl sites for hydroxylation is 2. The van der Waals surface area contributed by atoms with Crippen molar-refractivity contribution in [3.8, 4) is 5.75 Å². The molecule has 0 spiro atoms. The molecule has 0 radical (unpaired) electrons. The van der Waals surface area contributed by atoms with Crippen molar-refractivity contribution in [2.45, 2.75) is 19.3 Å². The lowest BCUT2D eigenvalue weighted by Gasteiger charge is -2.10. The summed E-state index contributed by atoms with van der Waals surface area (Å²) in [6.07, 6.45) is 1.23. The van der Waals surface area contributed by atoms with Gasteiger partial charge in [0.25, 0.3) is 5.56 Å². The van der Waals surface area contributed by atoms with Crippen LogP contribution < -0.4 is 15.6 Å². The van der Waals surface area contributed by atoms with Crippen LogP contribution in [0.3, 0.4) is 0 Å².